The molecule has 1 saturated heterocycles. The van der Waals surface area contributed by atoms with Gasteiger partial charge in [-0.2, -0.15) is 0 Å². The summed E-state index contributed by atoms with van der Waals surface area (Å²) in [5.41, 5.74) is 2.30. The highest BCUT2D eigenvalue weighted by Crippen LogP contribution is 2.27. The number of hydrogen-bond donors (Lipinski definition) is 1. The van der Waals surface area contributed by atoms with Gasteiger partial charge in [0.25, 0.3) is 0 Å². The number of thiophene rings is 1. The molecule has 3 rings (SSSR count). The topological polar surface area (TPSA) is 52.7 Å². The Labute approximate surface area is 160 Å². The number of hydrogen-bond acceptors (Lipinski definition) is 5. The van der Waals surface area contributed by atoms with Gasteiger partial charge >= 0.3 is 0 Å². The number of rotatable bonds is 7. The van der Waals surface area contributed by atoms with E-state index in [1.807, 2.05) is 27.1 Å². The predicted octanol–water partition coefficient (Wildman–Crippen LogP) is 3.24. The minimum atomic E-state index is -3.46. The summed E-state index contributed by atoms with van der Waals surface area (Å²) in [6.07, 6.45) is 2.34. The lowest BCUT2D eigenvalue weighted by atomic mass is 10.1. The summed E-state index contributed by atoms with van der Waals surface area (Å²) >= 11 is 1.31. The summed E-state index contributed by atoms with van der Waals surface area (Å²) in [6, 6.07) is 12.0. The van der Waals surface area contributed by atoms with E-state index in [0.717, 1.165) is 29.2 Å². The summed E-state index contributed by atoms with van der Waals surface area (Å²) in [7, 11) is 0.576. The molecule has 0 saturated carbocycles. The number of anilines is 1. The minimum Gasteiger partial charge on any atom is -0.378 e. The fourth-order valence-electron chi connectivity index (χ4n) is 3.32. The van der Waals surface area contributed by atoms with Crippen LogP contribution >= 0.6 is 11.3 Å². The third-order valence-corrected chi connectivity index (χ3v) is 7.74. The Morgan fingerprint density at radius 3 is 2.31 bits per heavy atom. The normalized spacial score (nSPS) is 16.7. The number of aryl methyl sites for hydroxylation is 1. The number of nitrogens with zero attached hydrogens (tertiary/aromatic N) is 2. The summed E-state index contributed by atoms with van der Waals surface area (Å²) in [5, 5.41) is 0. The van der Waals surface area contributed by atoms with Crippen LogP contribution < -0.4 is 9.62 Å². The molecule has 2 heterocycles. The molecule has 1 aliphatic heterocycles. The van der Waals surface area contributed by atoms with Crippen LogP contribution in [0.2, 0.25) is 0 Å². The molecule has 1 N–H and O–H groups in total. The van der Waals surface area contributed by atoms with Crippen LogP contribution in [0, 0.1) is 6.92 Å². The fraction of sp³-hybridized carbons (Fsp3) is 0.474. The fourth-order valence-corrected chi connectivity index (χ4v) is 5.69. The van der Waals surface area contributed by atoms with Crippen molar-refractivity contribution in [3.05, 3.63) is 46.8 Å². The lowest BCUT2D eigenvalue weighted by Gasteiger charge is -2.28. The molecular formula is C19H27N3O2S2. The second kappa shape index (κ2) is 8.08. The Kier molecular flexibility index (Phi) is 6.02. The molecule has 1 atom stereocenters. The lowest BCUT2D eigenvalue weighted by molar-refractivity contribution is 0.246. The highest BCUT2D eigenvalue weighted by molar-refractivity contribution is 7.91. The van der Waals surface area contributed by atoms with E-state index in [0.29, 0.717) is 10.8 Å². The molecule has 2 aromatic rings. The quantitative estimate of drug-likeness (QED) is 0.785. The van der Waals surface area contributed by atoms with Gasteiger partial charge in [0, 0.05) is 37.2 Å². The van der Waals surface area contributed by atoms with Crippen molar-refractivity contribution < 1.29 is 8.42 Å². The van der Waals surface area contributed by atoms with E-state index in [4.69, 9.17) is 0 Å². The van der Waals surface area contributed by atoms with Gasteiger partial charge in [-0.15, -0.1) is 11.3 Å². The molecule has 1 aromatic heterocycles. The standard InChI is InChI=1S/C19H27N3O2S2/c1-15-6-11-19(25-15)26(23,24)20-14-18(22-12-4-5-13-22)16-7-9-17(10-8-16)21(2)3/h6-11,18,20H,4-5,12-14H2,1-3H3. The molecule has 0 bridgehead atoms. The average Bonchev–Trinajstić information content (AvgIpc) is 3.27. The average molecular weight is 394 g/mol. The second-order valence-electron chi connectivity index (χ2n) is 6.96. The highest BCUT2D eigenvalue weighted by atomic mass is 32.2. The van der Waals surface area contributed by atoms with Gasteiger partial charge in [0.2, 0.25) is 10.0 Å². The largest absolute Gasteiger partial charge is 0.378 e. The Bertz CT molecular complexity index is 823. The van der Waals surface area contributed by atoms with Crippen LogP contribution in [0.25, 0.3) is 0 Å². The molecule has 1 aliphatic rings. The van der Waals surface area contributed by atoms with E-state index in [2.05, 4.69) is 38.8 Å². The maximum Gasteiger partial charge on any atom is 0.250 e. The van der Waals surface area contributed by atoms with E-state index in [9.17, 15) is 8.42 Å². The first kappa shape index (κ1) is 19.4. The van der Waals surface area contributed by atoms with Gasteiger partial charge in [0.05, 0.1) is 0 Å². The molecule has 0 aliphatic carbocycles. The molecule has 0 radical (unpaired) electrons. The van der Waals surface area contributed by atoms with Gasteiger partial charge in [0.1, 0.15) is 4.21 Å². The van der Waals surface area contributed by atoms with Crippen LogP contribution in [-0.2, 0) is 10.0 Å². The van der Waals surface area contributed by atoms with Gasteiger partial charge in [-0.25, -0.2) is 13.1 Å². The third-order valence-electron chi connectivity index (χ3n) is 4.82. The molecule has 1 aromatic carbocycles. The predicted molar refractivity (Wildman–Crippen MR) is 109 cm³/mol. The van der Waals surface area contributed by atoms with Crippen molar-refractivity contribution in [3.63, 3.8) is 0 Å². The van der Waals surface area contributed by atoms with E-state index in [1.54, 1.807) is 6.07 Å². The molecule has 142 valence electrons. The molecule has 0 spiro atoms. The number of sulfonamides is 1. The van der Waals surface area contributed by atoms with Crippen molar-refractivity contribution in [3.8, 4) is 0 Å². The molecule has 7 heteroatoms. The van der Waals surface area contributed by atoms with Gasteiger partial charge in [-0.05, 0) is 62.7 Å². The molecular weight excluding hydrogens is 366 g/mol. The molecule has 1 fully saturated rings. The van der Waals surface area contributed by atoms with Crippen molar-refractivity contribution in [2.75, 3.05) is 38.6 Å². The first-order chi connectivity index (χ1) is 12.4. The Morgan fingerprint density at radius 1 is 1.12 bits per heavy atom. The summed E-state index contributed by atoms with van der Waals surface area (Å²) in [6.45, 7) is 4.34. The SMILES string of the molecule is Cc1ccc(S(=O)(=O)NCC(c2ccc(N(C)C)cc2)N2CCCC2)s1. The van der Waals surface area contributed by atoms with Crippen LogP contribution in [-0.4, -0.2) is 47.0 Å². The van der Waals surface area contributed by atoms with Crippen molar-refractivity contribution in [2.24, 2.45) is 0 Å². The maximum absolute atomic E-state index is 12.6. The van der Waals surface area contributed by atoms with Crippen LogP contribution in [0.4, 0.5) is 5.69 Å². The van der Waals surface area contributed by atoms with Gasteiger partial charge in [-0.1, -0.05) is 12.1 Å². The Balaban J connectivity index is 1.78. The highest BCUT2D eigenvalue weighted by Gasteiger charge is 2.26. The van der Waals surface area contributed by atoms with Crippen LogP contribution in [0.5, 0.6) is 0 Å². The number of nitrogens with one attached hydrogen (secondary N) is 1. The van der Waals surface area contributed by atoms with E-state index < -0.39 is 10.0 Å². The Hall–Kier alpha value is -1.41. The van der Waals surface area contributed by atoms with Gasteiger partial charge in [0.15, 0.2) is 0 Å². The second-order valence-corrected chi connectivity index (χ2v) is 10.2. The maximum atomic E-state index is 12.6. The smallest absolute Gasteiger partial charge is 0.250 e. The zero-order valence-electron chi connectivity index (χ0n) is 15.6. The van der Waals surface area contributed by atoms with Crippen molar-refractivity contribution >= 4 is 27.0 Å². The zero-order chi connectivity index (χ0) is 18.7. The van der Waals surface area contributed by atoms with E-state index in [1.165, 1.54) is 24.2 Å². The van der Waals surface area contributed by atoms with E-state index in [-0.39, 0.29) is 6.04 Å². The molecule has 0 amide bonds. The molecule has 1 unspecified atom stereocenters. The minimum absolute atomic E-state index is 0.0598. The first-order valence-corrected chi connectivity index (χ1v) is 11.2. The summed E-state index contributed by atoms with van der Waals surface area (Å²) in [4.78, 5) is 5.45. The molecule has 26 heavy (non-hydrogen) atoms. The van der Waals surface area contributed by atoms with Crippen LogP contribution in [0.1, 0.15) is 29.3 Å². The van der Waals surface area contributed by atoms with E-state index >= 15 is 0 Å². The molecule has 5 nitrogen and oxygen atoms in total. The summed E-state index contributed by atoms with van der Waals surface area (Å²) < 4.78 is 28.4. The van der Waals surface area contributed by atoms with Crippen molar-refractivity contribution in [1.82, 2.24) is 9.62 Å². The Morgan fingerprint density at radius 2 is 1.77 bits per heavy atom. The lowest BCUT2D eigenvalue weighted by Crippen LogP contribution is -2.36. The zero-order valence-corrected chi connectivity index (χ0v) is 17.2. The van der Waals surface area contributed by atoms with Gasteiger partial charge in [-0.3, -0.25) is 4.90 Å². The van der Waals surface area contributed by atoms with Crippen molar-refractivity contribution in [2.45, 2.75) is 30.0 Å². The monoisotopic (exact) mass is 393 g/mol. The van der Waals surface area contributed by atoms with Crippen LogP contribution in [0.15, 0.2) is 40.6 Å². The number of likely N-dealkylation sites (tertiary alicyclic amines) is 1. The van der Waals surface area contributed by atoms with Crippen LogP contribution in [0.3, 0.4) is 0 Å². The van der Waals surface area contributed by atoms with Gasteiger partial charge < -0.3 is 4.90 Å². The van der Waals surface area contributed by atoms with Crippen molar-refractivity contribution in [1.29, 1.82) is 0 Å². The summed E-state index contributed by atoms with van der Waals surface area (Å²) in [5.74, 6) is 0. The number of benzene rings is 1. The first-order valence-electron chi connectivity index (χ1n) is 8.94. The third kappa shape index (κ3) is 4.46.